The van der Waals surface area contributed by atoms with E-state index in [1.165, 1.54) is 24.3 Å². The number of nitrogens with two attached hydrogens (primary N) is 1. The highest BCUT2D eigenvalue weighted by Crippen LogP contribution is 2.23. The minimum absolute atomic E-state index is 0.0716. The van der Waals surface area contributed by atoms with Crippen molar-refractivity contribution in [2.75, 3.05) is 6.61 Å². The summed E-state index contributed by atoms with van der Waals surface area (Å²) in [6.45, 7) is 2.55. The van der Waals surface area contributed by atoms with E-state index < -0.39 is 17.8 Å². The van der Waals surface area contributed by atoms with Crippen molar-refractivity contribution in [1.29, 1.82) is 0 Å². The van der Waals surface area contributed by atoms with E-state index in [1.54, 1.807) is 0 Å². The molecule has 1 fully saturated rings. The highest BCUT2D eigenvalue weighted by molar-refractivity contribution is 5.88. The standard InChI is InChI=1S/C16H21FN2O3/c1-2-13-9-11(7-8-22-13)16(21)19-14(15(18)20)10-3-5-12(17)6-4-10/h3-6,11,13-14H,2,7-9H2,1H3,(H2,18,20)(H,19,21)/t11-,13+,14-/m0/s1. The van der Waals surface area contributed by atoms with Crippen LogP contribution in [0.1, 0.15) is 37.8 Å². The van der Waals surface area contributed by atoms with Gasteiger partial charge in [-0.1, -0.05) is 19.1 Å². The number of amides is 2. The molecule has 0 spiro atoms. The Hall–Kier alpha value is -1.95. The van der Waals surface area contributed by atoms with Gasteiger partial charge in [-0.2, -0.15) is 0 Å². The molecule has 3 atom stereocenters. The van der Waals surface area contributed by atoms with Crippen molar-refractivity contribution in [1.82, 2.24) is 5.32 Å². The molecular weight excluding hydrogens is 287 g/mol. The summed E-state index contributed by atoms with van der Waals surface area (Å²) < 4.78 is 18.5. The van der Waals surface area contributed by atoms with Crippen LogP contribution in [-0.2, 0) is 14.3 Å². The summed E-state index contributed by atoms with van der Waals surface area (Å²) >= 11 is 0. The van der Waals surface area contributed by atoms with Crippen molar-refractivity contribution in [3.63, 3.8) is 0 Å². The van der Waals surface area contributed by atoms with Gasteiger partial charge in [0.15, 0.2) is 0 Å². The Morgan fingerprint density at radius 2 is 2.09 bits per heavy atom. The van der Waals surface area contributed by atoms with E-state index in [0.29, 0.717) is 25.0 Å². The van der Waals surface area contributed by atoms with Gasteiger partial charge in [-0.15, -0.1) is 0 Å². The molecule has 1 aliphatic heterocycles. The lowest BCUT2D eigenvalue weighted by Crippen LogP contribution is -2.43. The summed E-state index contributed by atoms with van der Waals surface area (Å²) in [5, 5.41) is 2.68. The van der Waals surface area contributed by atoms with Gasteiger partial charge in [-0.25, -0.2) is 4.39 Å². The SMILES string of the molecule is CC[C@@H]1C[C@@H](C(=O)N[C@H](C(N)=O)c2ccc(F)cc2)CCO1. The third-order valence-corrected chi connectivity index (χ3v) is 3.97. The Balaban J connectivity index is 2.06. The van der Waals surface area contributed by atoms with Crippen molar-refractivity contribution < 1.29 is 18.7 Å². The van der Waals surface area contributed by atoms with Crippen LogP contribution in [-0.4, -0.2) is 24.5 Å². The lowest BCUT2D eigenvalue weighted by molar-refractivity contribution is -0.133. The van der Waals surface area contributed by atoms with Gasteiger partial charge in [-0.05, 0) is 37.0 Å². The van der Waals surface area contributed by atoms with Crippen molar-refractivity contribution in [3.05, 3.63) is 35.6 Å². The monoisotopic (exact) mass is 308 g/mol. The fourth-order valence-electron chi connectivity index (χ4n) is 2.64. The summed E-state index contributed by atoms with van der Waals surface area (Å²) in [6, 6.07) is 4.42. The fraction of sp³-hybridized carbons (Fsp3) is 0.500. The Kier molecular flexibility index (Phi) is 5.49. The van der Waals surface area contributed by atoms with Gasteiger partial charge in [-0.3, -0.25) is 9.59 Å². The molecule has 1 saturated heterocycles. The minimum Gasteiger partial charge on any atom is -0.378 e. The second-order valence-corrected chi connectivity index (χ2v) is 5.52. The van der Waals surface area contributed by atoms with Crippen molar-refractivity contribution in [3.8, 4) is 0 Å². The first kappa shape index (κ1) is 16.4. The molecule has 1 aromatic rings. The number of rotatable bonds is 5. The third kappa shape index (κ3) is 4.04. The van der Waals surface area contributed by atoms with E-state index in [1.807, 2.05) is 6.92 Å². The summed E-state index contributed by atoms with van der Waals surface area (Å²) in [6.07, 6.45) is 2.18. The van der Waals surface area contributed by atoms with Crippen LogP contribution in [0.4, 0.5) is 4.39 Å². The van der Waals surface area contributed by atoms with Crippen LogP contribution in [0.25, 0.3) is 0 Å². The quantitative estimate of drug-likeness (QED) is 0.868. The lowest BCUT2D eigenvalue weighted by atomic mass is 9.93. The summed E-state index contributed by atoms with van der Waals surface area (Å²) in [5.41, 5.74) is 5.84. The predicted octanol–water partition coefficient (Wildman–Crippen LogP) is 1.67. The van der Waals surface area contributed by atoms with Crippen molar-refractivity contribution in [2.24, 2.45) is 11.7 Å². The van der Waals surface area contributed by atoms with E-state index >= 15 is 0 Å². The number of ether oxygens (including phenoxy) is 1. The van der Waals surface area contributed by atoms with Crippen molar-refractivity contribution in [2.45, 2.75) is 38.3 Å². The molecule has 2 amide bonds. The number of hydrogen-bond donors (Lipinski definition) is 2. The maximum atomic E-state index is 13.0. The van der Waals surface area contributed by atoms with Gasteiger partial charge in [0.2, 0.25) is 11.8 Å². The highest BCUT2D eigenvalue weighted by atomic mass is 19.1. The normalized spacial score (nSPS) is 22.8. The maximum absolute atomic E-state index is 13.0. The van der Waals surface area contributed by atoms with Gasteiger partial charge >= 0.3 is 0 Å². The average Bonchev–Trinajstić information content (AvgIpc) is 2.53. The highest BCUT2D eigenvalue weighted by Gasteiger charge is 2.30. The summed E-state index contributed by atoms with van der Waals surface area (Å²) in [5.74, 6) is -1.48. The molecule has 1 heterocycles. The van der Waals surface area contributed by atoms with Crippen LogP contribution in [0.15, 0.2) is 24.3 Å². The van der Waals surface area contributed by atoms with Crippen LogP contribution in [0.5, 0.6) is 0 Å². The van der Waals surface area contributed by atoms with Gasteiger partial charge in [0.05, 0.1) is 6.10 Å². The van der Waals surface area contributed by atoms with Crippen LogP contribution in [0, 0.1) is 11.7 Å². The van der Waals surface area contributed by atoms with Gasteiger partial charge in [0.25, 0.3) is 0 Å². The number of primary amides is 1. The van der Waals surface area contributed by atoms with E-state index in [9.17, 15) is 14.0 Å². The number of benzene rings is 1. The zero-order valence-corrected chi connectivity index (χ0v) is 12.5. The molecular formula is C16H21FN2O3. The molecule has 0 radical (unpaired) electrons. The fourth-order valence-corrected chi connectivity index (χ4v) is 2.64. The molecule has 6 heteroatoms. The second kappa shape index (κ2) is 7.35. The first-order valence-corrected chi connectivity index (χ1v) is 7.48. The first-order valence-electron chi connectivity index (χ1n) is 7.48. The number of halogens is 1. The van der Waals surface area contributed by atoms with E-state index in [2.05, 4.69) is 5.32 Å². The van der Waals surface area contributed by atoms with E-state index in [0.717, 1.165) is 6.42 Å². The Bertz CT molecular complexity index is 533. The molecule has 2 rings (SSSR count). The summed E-state index contributed by atoms with van der Waals surface area (Å²) in [7, 11) is 0. The molecule has 1 aliphatic rings. The lowest BCUT2D eigenvalue weighted by Gasteiger charge is -2.29. The van der Waals surface area contributed by atoms with Crippen LogP contribution < -0.4 is 11.1 Å². The topological polar surface area (TPSA) is 81.4 Å². The number of hydrogen-bond acceptors (Lipinski definition) is 3. The van der Waals surface area contributed by atoms with E-state index in [4.69, 9.17) is 10.5 Å². The maximum Gasteiger partial charge on any atom is 0.244 e. The first-order chi connectivity index (χ1) is 10.5. The van der Waals surface area contributed by atoms with Crippen molar-refractivity contribution >= 4 is 11.8 Å². The largest absolute Gasteiger partial charge is 0.378 e. The Labute approximate surface area is 129 Å². The zero-order valence-electron chi connectivity index (χ0n) is 12.5. The molecule has 0 aromatic heterocycles. The van der Waals surface area contributed by atoms with Crippen LogP contribution in [0.3, 0.4) is 0 Å². The minimum atomic E-state index is -0.948. The Morgan fingerprint density at radius 1 is 1.41 bits per heavy atom. The van der Waals surface area contributed by atoms with Crippen LogP contribution >= 0.6 is 0 Å². The van der Waals surface area contributed by atoms with Gasteiger partial charge in [0, 0.05) is 12.5 Å². The Morgan fingerprint density at radius 3 is 2.68 bits per heavy atom. The zero-order chi connectivity index (χ0) is 16.1. The molecule has 0 saturated carbocycles. The predicted molar refractivity (Wildman–Crippen MR) is 79.2 cm³/mol. The molecule has 5 nitrogen and oxygen atoms in total. The van der Waals surface area contributed by atoms with Gasteiger partial charge < -0.3 is 15.8 Å². The molecule has 0 aliphatic carbocycles. The molecule has 1 aromatic carbocycles. The second-order valence-electron chi connectivity index (χ2n) is 5.52. The number of nitrogens with one attached hydrogen (secondary N) is 1. The molecule has 22 heavy (non-hydrogen) atoms. The molecule has 0 bridgehead atoms. The smallest absolute Gasteiger partial charge is 0.244 e. The van der Waals surface area contributed by atoms with E-state index in [-0.39, 0.29) is 17.9 Å². The molecule has 3 N–H and O–H groups in total. The molecule has 0 unspecified atom stereocenters. The summed E-state index contributed by atoms with van der Waals surface area (Å²) in [4.78, 5) is 24.0. The molecule has 120 valence electrons. The average molecular weight is 308 g/mol. The van der Waals surface area contributed by atoms with Crippen LogP contribution in [0.2, 0.25) is 0 Å². The number of carbonyl (C=O) groups excluding carboxylic acids is 2. The third-order valence-electron chi connectivity index (χ3n) is 3.97. The van der Waals surface area contributed by atoms with Gasteiger partial charge in [0.1, 0.15) is 11.9 Å². The number of carbonyl (C=O) groups is 2.